The highest BCUT2D eigenvalue weighted by Crippen LogP contribution is 2.29. The Morgan fingerprint density at radius 1 is 0.897 bits per heavy atom. The Balaban J connectivity index is 0.00000210. The third-order valence-corrected chi connectivity index (χ3v) is 8.10. The molecule has 0 saturated carbocycles. The molecule has 0 unspecified atom stereocenters. The predicted octanol–water partition coefficient (Wildman–Crippen LogP) is 6.16. The molecule has 12 heteroatoms. The number of aromatic nitrogens is 3. The van der Waals surface area contributed by atoms with Crippen LogP contribution in [0.5, 0.6) is 0 Å². The molecule has 0 atom stereocenters. The number of rotatable bonds is 10. The quantitative estimate of drug-likeness (QED) is 0.181. The molecule has 0 aliphatic carbocycles. The summed E-state index contributed by atoms with van der Waals surface area (Å²) in [5.74, 6) is 3.12. The van der Waals surface area contributed by atoms with E-state index in [9.17, 15) is 8.42 Å². The van der Waals surface area contributed by atoms with Crippen LogP contribution >= 0.6 is 36.6 Å². The molecule has 2 N–H and O–H groups in total. The average molecular weight is 605 g/mol. The summed E-state index contributed by atoms with van der Waals surface area (Å²) in [5, 5.41) is 7.39. The van der Waals surface area contributed by atoms with Crippen molar-refractivity contribution in [2.24, 2.45) is 0 Å². The van der Waals surface area contributed by atoms with Gasteiger partial charge in [-0.3, -0.25) is 4.98 Å². The second-order valence-electron chi connectivity index (χ2n) is 8.21. The SMILES string of the molecule is CSCCNCc1ccc(-c2cc3c(Nc4ccc(S(=O)(=O)c5ccccc5)cc4)ncnc3cn2)o1.Cl.Cl. The molecule has 0 bridgehead atoms. The van der Waals surface area contributed by atoms with Gasteiger partial charge in [0, 0.05) is 23.4 Å². The van der Waals surface area contributed by atoms with E-state index in [1.807, 2.05) is 18.2 Å². The molecule has 39 heavy (non-hydrogen) atoms. The fourth-order valence-corrected chi connectivity index (χ4v) is 5.41. The lowest BCUT2D eigenvalue weighted by molar-refractivity contribution is 0.498. The third-order valence-electron chi connectivity index (χ3n) is 5.70. The number of nitrogens with zero attached hydrogens (tertiary/aromatic N) is 3. The lowest BCUT2D eigenvalue weighted by Crippen LogP contribution is -2.15. The first-order chi connectivity index (χ1) is 18.0. The van der Waals surface area contributed by atoms with Crippen molar-refractivity contribution >= 4 is 68.8 Å². The zero-order valence-electron chi connectivity index (χ0n) is 20.9. The largest absolute Gasteiger partial charge is 0.458 e. The van der Waals surface area contributed by atoms with E-state index >= 15 is 0 Å². The van der Waals surface area contributed by atoms with Gasteiger partial charge in [0.2, 0.25) is 9.84 Å². The van der Waals surface area contributed by atoms with E-state index in [-0.39, 0.29) is 34.6 Å². The molecular formula is C27H27Cl2N5O3S2. The summed E-state index contributed by atoms with van der Waals surface area (Å²) >= 11 is 1.79. The van der Waals surface area contributed by atoms with Gasteiger partial charge in [-0.25, -0.2) is 18.4 Å². The molecule has 5 rings (SSSR count). The number of pyridine rings is 1. The fourth-order valence-electron chi connectivity index (χ4n) is 3.78. The smallest absolute Gasteiger partial charge is 0.206 e. The second-order valence-corrected chi connectivity index (χ2v) is 11.1. The summed E-state index contributed by atoms with van der Waals surface area (Å²) in [6.45, 7) is 1.57. The van der Waals surface area contributed by atoms with E-state index in [1.54, 1.807) is 72.6 Å². The molecule has 0 amide bonds. The molecule has 3 heterocycles. The van der Waals surface area contributed by atoms with Crippen LogP contribution in [-0.4, -0.2) is 41.9 Å². The van der Waals surface area contributed by atoms with Crippen LogP contribution in [0.25, 0.3) is 22.4 Å². The lowest BCUT2D eigenvalue weighted by Gasteiger charge is -2.10. The predicted molar refractivity (Wildman–Crippen MR) is 161 cm³/mol. The number of anilines is 2. The molecule has 0 aliphatic heterocycles. The van der Waals surface area contributed by atoms with Gasteiger partial charge in [0.15, 0.2) is 5.76 Å². The fraction of sp³-hybridized carbons (Fsp3) is 0.148. The van der Waals surface area contributed by atoms with E-state index in [0.717, 1.165) is 23.4 Å². The molecular weight excluding hydrogens is 577 g/mol. The zero-order valence-corrected chi connectivity index (χ0v) is 24.2. The number of sulfone groups is 1. The minimum Gasteiger partial charge on any atom is -0.458 e. The van der Waals surface area contributed by atoms with Gasteiger partial charge in [0.1, 0.15) is 23.6 Å². The number of halogens is 2. The van der Waals surface area contributed by atoms with Crippen molar-refractivity contribution in [2.45, 2.75) is 16.3 Å². The summed E-state index contributed by atoms with van der Waals surface area (Å²) in [4.78, 5) is 13.7. The van der Waals surface area contributed by atoms with Crippen molar-refractivity contribution in [1.29, 1.82) is 0 Å². The van der Waals surface area contributed by atoms with Crippen LogP contribution in [0.2, 0.25) is 0 Å². The van der Waals surface area contributed by atoms with Crippen LogP contribution in [0, 0.1) is 0 Å². The van der Waals surface area contributed by atoms with Crippen LogP contribution in [-0.2, 0) is 16.4 Å². The highest BCUT2D eigenvalue weighted by Gasteiger charge is 2.17. The molecule has 0 spiro atoms. The van der Waals surface area contributed by atoms with Crippen molar-refractivity contribution in [2.75, 3.05) is 23.9 Å². The Hall–Kier alpha value is -3.15. The average Bonchev–Trinajstić information content (AvgIpc) is 3.41. The molecule has 0 saturated heterocycles. The van der Waals surface area contributed by atoms with Crippen molar-refractivity contribution in [1.82, 2.24) is 20.3 Å². The summed E-state index contributed by atoms with van der Waals surface area (Å²) in [6, 6.07) is 20.7. The van der Waals surface area contributed by atoms with E-state index in [1.165, 1.54) is 6.33 Å². The Morgan fingerprint density at radius 3 is 2.38 bits per heavy atom. The molecule has 204 valence electrons. The van der Waals surface area contributed by atoms with Gasteiger partial charge in [-0.1, -0.05) is 18.2 Å². The number of nitrogens with one attached hydrogen (secondary N) is 2. The van der Waals surface area contributed by atoms with Gasteiger partial charge < -0.3 is 15.1 Å². The van der Waals surface area contributed by atoms with E-state index < -0.39 is 9.84 Å². The van der Waals surface area contributed by atoms with Crippen LogP contribution in [0.4, 0.5) is 11.5 Å². The van der Waals surface area contributed by atoms with Crippen LogP contribution in [0.1, 0.15) is 5.76 Å². The Labute approximate surface area is 243 Å². The van der Waals surface area contributed by atoms with Crippen LogP contribution in [0.15, 0.2) is 99.5 Å². The standard InChI is InChI=1S/C27H25N5O3S2.2ClH/c1-36-14-13-28-16-20-9-12-26(35-20)24-15-23-25(17-29-24)30-18-31-27(23)32-19-7-10-22(11-8-19)37(33,34)21-5-3-2-4-6-21;;/h2-12,15,17-18,28H,13-14,16H2,1H3,(H,30,31,32);2*1H. The third kappa shape index (κ3) is 7.09. The number of furan rings is 1. The monoisotopic (exact) mass is 603 g/mol. The van der Waals surface area contributed by atoms with E-state index in [0.29, 0.717) is 35.0 Å². The van der Waals surface area contributed by atoms with Gasteiger partial charge in [0.05, 0.1) is 28.0 Å². The highest BCUT2D eigenvalue weighted by molar-refractivity contribution is 7.98. The number of fused-ring (bicyclic) bond motifs is 1. The first-order valence-electron chi connectivity index (χ1n) is 11.6. The first kappa shape index (κ1) is 30.4. The Bertz CT molecular complexity index is 1620. The molecule has 0 fully saturated rings. The van der Waals surface area contributed by atoms with Crippen LogP contribution in [0.3, 0.4) is 0 Å². The van der Waals surface area contributed by atoms with Gasteiger partial charge >= 0.3 is 0 Å². The molecule has 5 aromatic rings. The van der Waals surface area contributed by atoms with Gasteiger partial charge in [-0.05, 0) is 60.9 Å². The van der Waals surface area contributed by atoms with Crippen molar-refractivity contribution < 1.29 is 12.8 Å². The van der Waals surface area contributed by atoms with Gasteiger partial charge in [0.25, 0.3) is 0 Å². The van der Waals surface area contributed by atoms with Crippen molar-refractivity contribution in [3.63, 3.8) is 0 Å². The normalized spacial score (nSPS) is 11.0. The number of hydrogen-bond acceptors (Lipinski definition) is 9. The molecule has 0 radical (unpaired) electrons. The summed E-state index contributed by atoms with van der Waals surface area (Å²) in [7, 11) is -3.58. The van der Waals surface area contributed by atoms with E-state index in [2.05, 4.69) is 31.8 Å². The minimum atomic E-state index is -3.58. The highest BCUT2D eigenvalue weighted by atomic mass is 35.5. The number of benzene rings is 2. The topological polar surface area (TPSA) is 110 Å². The number of hydrogen-bond donors (Lipinski definition) is 2. The second kappa shape index (κ2) is 13.8. The summed E-state index contributed by atoms with van der Waals surface area (Å²) < 4.78 is 31.7. The van der Waals surface area contributed by atoms with Crippen molar-refractivity contribution in [3.05, 3.63) is 91.1 Å². The maximum atomic E-state index is 12.9. The molecule has 0 aliphatic rings. The van der Waals surface area contributed by atoms with Gasteiger partial charge in [-0.2, -0.15) is 11.8 Å². The van der Waals surface area contributed by atoms with Crippen molar-refractivity contribution in [3.8, 4) is 11.5 Å². The van der Waals surface area contributed by atoms with Crippen LogP contribution < -0.4 is 10.6 Å². The maximum Gasteiger partial charge on any atom is 0.206 e. The molecule has 3 aromatic heterocycles. The Kier molecular flexibility index (Phi) is 10.7. The number of thioether (sulfide) groups is 1. The zero-order chi connectivity index (χ0) is 25.7. The summed E-state index contributed by atoms with van der Waals surface area (Å²) in [6.07, 6.45) is 5.23. The van der Waals surface area contributed by atoms with Gasteiger partial charge in [-0.15, -0.1) is 24.8 Å². The lowest BCUT2D eigenvalue weighted by atomic mass is 10.2. The van der Waals surface area contributed by atoms with E-state index in [4.69, 9.17) is 4.42 Å². The molecule has 8 nitrogen and oxygen atoms in total. The first-order valence-corrected chi connectivity index (χ1v) is 14.5. The minimum absolute atomic E-state index is 0. The maximum absolute atomic E-state index is 12.9. The Morgan fingerprint density at radius 2 is 1.64 bits per heavy atom. The summed E-state index contributed by atoms with van der Waals surface area (Å²) in [5.41, 5.74) is 2.04. The molecule has 2 aromatic carbocycles.